The Balaban J connectivity index is 2.34. The van der Waals surface area contributed by atoms with Crippen molar-refractivity contribution in [1.29, 1.82) is 0 Å². The van der Waals surface area contributed by atoms with Crippen LogP contribution in [0.5, 0.6) is 0 Å². The van der Waals surface area contributed by atoms with E-state index in [1.165, 1.54) is 0 Å². The van der Waals surface area contributed by atoms with E-state index in [9.17, 15) is 4.79 Å². The molecule has 0 saturated heterocycles. The fourth-order valence-electron chi connectivity index (χ4n) is 2.09. The zero-order valence-electron chi connectivity index (χ0n) is 11.6. The first-order valence-electron chi connectivity index (χ1n) is 6.55. The smallest absolute Gasteiger partial charge is 0.251 e. The van der Waals surface area contributed by atoms with Gasteiger partial charge in [-0.1, -0.05) is 6.07 Å². The number of amides is 1. The second-order valence-electron chi connectivity index (χ2n) is 5.15. The van der Waals surface area contributed by atoms with Gasteiger partial charge in [-0.25, -0.2) is 0 Å². The molecule has 4 nitrogen and oxygen atoms in total. The summed E-state index contributed by atoms with van der Waals surface area (Å²) in [6, 6.07) is 7.83. The van der Waals surface area contributed by atoms with Gasteiger partial charge in [0.25, 0.3) is 5.91 Å². The number of rotatable bonds is 4. The number of hydrogen-bond donors (Lipinski definition) is 2. The van der Waals surface area contributed by atoms with Crippen molar-refractivity contribution in [2.45, 2.75) is 32.9 Å². The number of aromatic nitrogens is 1. The van der Waals surface area contributed by atoms with Gasteiger partial charge in [-0.15, -0.1) is 0 Å². The number of aliphatic hydroxyl groups excluding tert-OH is 1. The van der Waals surface area contributed by atoms with Crippen LogP contribution in [-0.2, 0) is 0 Å². The molecule has 0 aliphatic rings. The van der Waals surface area contributed by atoms with E-state index in [1.807, 2.05) is 30.5 Å². The fraction of sp³-hybridized carbons (Fsp3) is 0.400. The Labute approximate surface area is 113 Å². The standard InChI is InChI=1S/C15H20N2O2/c1-10(2)17-7-6-12-4-5-13(8-14(12)17)15(19)16-11(3)9-18/h4-8,10-11,18H,9H2,1-3H3,(H,16,19)/t11-/m0/s1. The van der Waals surface area contributed by atoms with Crippen molar-refractivity contribution in [2.75, 3.05) is 6.61 Å². The van der Waals surface area contributed by atoms with Crippen LogP contribution in [0.2, 0.25) is 0 Å². The highest BCUT2D eigenvalue weighted by atomic mass is 16.3. The van der Waals surface area contributed by atoms with E-state index < -0.39 is 0 Å². The fourth-order valence-corrected chi connectivity index (χ4v) is 2.09. The van der Waals surface area contributed by atoms with Crippen LogP contribution in [0.3, 0.4) is 0 Å². The molecule has 2 aromatic rings. The highest BCUT2D eigenvalue weighted by Gasteiger charge is 2.11. The molecule has 0 aliphatic carbocycles. The summed E-state index contributed by atoms with van der Waals surface area (Å²) in [5.74, 6) is -0.153. The average molecular weight is 260 g/mol. The molecule has 4 heteroatoms. The van der Waals surface area contributed by atoms with Gasteiger partial charge in [0.15, 0.2) is 0 Å². The zero-order valence-corrected chi connectivity index (χ0v) is 11.6. The molecule has 19 heavy (non-hydrogen) atoms. The Morgan fingerprint density at radius 2 is 2.05 bits per heavy atom. The van der Waals surface area contributed by atoms with Gasteiger partial charge in [-0.2, -0.15) is 0 Å². The summed E-state index contributed by atoms with van der Waals surface area (Å²) in [5.41, 5.74) is 1.67. The Hall–Kier alpha value is -1.81. The molecule has 2 rings (SSSR count). The normalized spacial score (nSPS) is 12.9. The first kappa shape index (κ1) is 13.6. The molecule has 1 amide bonds. The maximum absolute atomic E-state index is 12.0. The first-order valence-corrected chi connectivity index (χ1v) is 6.55. The van der Waals surface area contributed by atoms with Gasteiger partial charge >= 0.3 is 0 Å². The van der Waals surface area contributed by atoms with Gasteiger partial charge in [-0.05, 0) is 44.4 Å². The number of fused-ring (bicyclic) bond motifs is 1. The number of carbonyl (C=O) groups excluding carboxylic acids is 1. The van der Waals surface area contributed by atoms with Crippen LogP contribution >= 0.6 is 0 Å². The molecule has 0 bridgehead atoms. The Bertz CT molecular complexity index is 587. The van der Waals surface area contributed by atoms with Crippen molar-refractivity contribution in [3.05, 3.63) is 36.0 Å². The van der Waals surface area contributed by atoms with Gasteiger partial charge in [0.2, 0.25) is 0 Å². The van der Waals surface area contributed by atoms with Crippen molar-refractivity contribution in [3.8, 4) is 0 Å². The number of benzene rings is 1. The van der Waals surface area contributed by atoms with Gasteiger partial charge in [0.1, 0.15) is 0 Å². The molecule has 1 atom stereocenters. The van der Waals surface area contributed by atoms with E-state index in [4.69, 9.17) is 5.11 Å². The number of carbonyl (C=O) groups is 1. The average Bonchev–Trinajstić information content (AvgIpc) is 2.81. The second-order valence-corrected chi connectivity index (χ2v) is 5.15. The van der Waals surface area contributed by atoms with Crippen LogP contribution in [0.1, 0.15) is 37.2 Å². The lowest BCUT2D eigenvalue weighted by Gasteiger charge is -2.12. The lowest BCUT2D eigenvalue weighted by molar-refractivity contribution is 0.0922. The van der Waals surface area contributed by atoms with Crippen molar-refractivity contribution in [3.63, 3.8) is 0 Å². The number of hydrogen-bond acceptors (Lipinski definition) is 2. The Kier molecular flexibility index (Phi) is 3.90. The van der Waals surface area contributed by atoms with Crippen LogP contribution in [0, 0.1) is 0 Å². The minimum atomic E-state index is -0.236. The van der Waals surface area contributed by atoms with E-state index in [-0.39, 0.29) is 18.6 Å². The van der Waals surface area contributed by atoms with Crippen LogP contribution < -0.4 is 5.32 Å². The van der Waals surface area contributed by atoms with Gasteiger partial charge in [0, 0.05) is 29.4 Å². The van der Waals surface area contributed by atoms with Crippen molar-refractivity contribution in [2.24, 2.45) is 0 Å². The Morgan fingerprint density at radius 3 is 2.68 bits per heavy atom. The zero-order chi connectivity index (χ0) is 14.0. The lowest BCUT2D eigenvalue weighted by Crippen LogP contribution is -2.34. The predicted molar refractivity (Wildman–Crippen MR) is 76.3 cm³/mol. The molecular weight excluding hydrogens is 240 g/mol. The number of nitrogens with zero attached hydrogens (tertiary/aromatic N) is 1. The van der Waals surface area contributed by atoms with Crippen molar-refractivity contribution < 1.29 is 9.90 Å². The van der Waals surface area contributed by atoms with E-state index in [0.717, 1.165) is 10.9 Å². The maximum Gasteiger partial charge on any atom is 0.251 e. The summed E-state index contributed by atoms with van der Waals surface area (Å²) in [4.78, 5) is 12.0. The second kappa shape index (κ2) is 5.45. The summed E-state index contributed by atoms with van der Waals surface area (Å²) in [6.45, 7) is 5.93. The third-order valence-corrected chi connectivity index (χ3v) is 3.19. The van der Waals surface area contributed by atoms with Gasteiger partial charge in [0.05, 0.1) is 6.61 Å². The summed E-state index contributed by atoms with van der Waals surface area (Å²) >= 11 is 0. The lowest BCUT2D eigenvalue weighted by atomic mass is 10.1. The molecule has 0 saturated carbocycles. The number of aliphatic hydroxyl groups is 1. The predicted octanol–water partition coefficient (Wildman–Crippen LogP) is 2.33. The van der Waals surface area contributed by atoms with E-state index >= 15 is 0 Å². The minimum absolute atomic E-state index is 0.0592. The third-order valence-electron chi connectivity index (χ3n) is 3.19. The topological polar surface area (TPSA) is 54.3 Å². The Morgan fingerprint density at radius 1 is 1.32 bits per heavy atom. The molecule has 0 fully saturated rings. The maximum atomic E-state index is 12.0. The molecule has 1 aromatic carbocycles. The van der Waals surface area contributed by atoms with Crippen molar-refractivity contribution >= 4 is 16.8 Å². The molecule has 1 aromatic heterocycles. The minimum Gasteiger partial charge on any atom is -0.394 e. The summed E-state index contributed by atoms with van der Waals surface area (Å²) in [6.07, 6.45) is 2.04. The quantitative estimate of drug-likeness (QED) is 0.886. The molecule has 2 N–H and O–H groups in total. The summed E-state index contributed by atoms with van der Waals surface area (Å²) < 4.78 is 2.14. The van der Waals surface area contributed by atoms with E-state index in [1.54, 1.807) is 6.92 Å². The SMILES string of the molecule is CC(C)n1ccc2ccc(C(=O)N[C@@H](C)CO)cc21. The highest BCUT2D eigenvalue weighted by molar-refractivity contribution is 5.98. The molecule has 0 spiro atoms. The van der Waals surface area contributed by atoms with Crippen LogP contribution in [0.4, 0.5) is 0 Å². The molecular formula is C15H20N2O2. The monoisotopic (exact) mass is 260 g/mol. The van der Waals surface area contributed by atoms with Gasteiger partial charge in [-0.3, -0.25) is 4.79 Å². The number of nitrogens with one attached hydrogen (secondary N) is 1. The van der Waals surface area contributed by atoms with Gasteiger partial charge < -0.3 is 15.0 Å². The largest absolute Gasteiger partial charge is 0.394 e. The van der Waals surface area contributed by atoms with E-state index in [0.29, 0.717) is 11.6 Å². The van der Waals surface area contributed by atoms with Crippen LogP contribution in [0.15, 0.2) is 30.5 Å². The molecule has 0 aliphatic heterocycles. The van der Waals surface area contributed by atoms with Crippen LogP contribution in [0.25, 0.3) is 10.9 Å². The highest BCUT2D eigenvalue weighted by Crippen LogP contribution is 2.21. The molecule has 0 unspecified atom stereocenters. The third kappa shape index (κ3) is 2.79. The first-order chi connectivity index (χ1) is 9.02. The van der Waals surface area contributed by atoms with E-state index in [2.05, 4.69) is 23.7 Å². The van der Waals surface area contributed by atoms with Crippen LogP contribution in [-0.4, -0.2) is 28.2 Å². The molecule has 1 heterocycles. The summed E-state index contributed by atoms with van der Waals surface area (Å²) in [7, 11) is 0. The van der Waals surface area contributed by atoms with Crippen molar-refractivity contribution in [1.82, 2.24) is 9.88 Å². The summed E-state index contributed by atoms with van der Waals surface area (Å²) in [5, 5.41) is 12.8. The molecule has 0 radical (unpaired) electrons. The molecule has 102 valence electrons.